The van der Waals surface area contributed by atoms with Crippen LogP contribution in [-0.4, -0.2) is 59.7 Å². The minimum Gasteiger partial charge on any atom is -0.335 e. The van der Waals surface area contributed by atoms with Crippen LogP contribution < -0.4 is 0 Å². The molecule has 0 aromatic carbocycles. The van der Waals surface area contributed by atoms with Crippen molar-refractivity contribution in [2.75, 3.05) is 19.6 Å². The van der Waals surface area contributed by atoms with E-state index in [1.54, 1.807) is 6.20 Å². The van der Waals surface area contributed by atoms with Gasteiger partial charge in [0.15, 0.2) is 5.82 Å². The fraction of sp³-hybridized carbons (Fsp3) is 0.300. The smallest absolute Gasteiger partial charge is 0.159 e. The molecule has 5 aromatic rings. The first kappa shape index (κ1) is 24.2. The lowest BCUT2D eigenvalue weighted by atomic mass is 10.1. The van der Waals surface area contributed by atoms with Gasteiger partial charge in [0, 0.05) is 35.1 Å². The number of nitrogens with one attached hydrogen (secondary N) is 2. The van der Waals surface area contributed by atoms with Gasteiger partial charge in [0.1, 0.15) is 5.69 Å². The number of aromatic nitrogens is 7. The number of nitrogens with zero attached hydrogens (tertiary/aromatic N) is 6. The molecular weight excluding hydrogens is 472 g/mol. The van der Waals surface area contributed by atoms with Gasteiger partial charge in [0.05, 0.1) is 34.6 Å². The number of imidazole rings is 1. The maximum Gasteiger partial charge on any atom is 0.159 e. The largest absolute Gasteiger partial charge is 0.335 e. The van der Waals surface area contributed by atoms with E-state index in [1.165, 1.54) is 31.5 Å². The molecule has 0 atom stereocenters. The molecule has 1 aliphatic rings. The molecule has 5 aromatic heterocycles. The molecule has 8 nitrogen and oxygen atoms in total. The minimum atomic E-state index is 0.697. The number of hydrogen-bond donors (Lipinski definition) is 2. The van der Waals surface area contributed by atoms with Gasteiger partial charge in [-0.2, -0.15) is 5.10 Å². The standard InChI is InChI=1S/C30H32N8/c1-3-8-21(4-2)24-17-32-18-27-28(24)35-30(34-27)29-23-14-25(33-19-26(23)36-37-29)22-13-20(15-31-16-22)9-7-12-38-10-5-6-11-38/h3-4,8,13-19H,5-7,9-12H2,1-2H3,(H,34,35)(H,36,37)/b8-3-,21-4+. The number of pyridine rings is 3. The summed E-state index contributed by atoms with van der Waals surface area (Å²) in [6.07, 6.45) is 20.4. The summed E-state index contributed by atoms with van der Waals surface area (Å²) in [7, 11) is 0. The SMILES string of the molecule is C/C=C\C(=C/C)c1cncc2[nH]c(-c3n[nH]c4cnc(-c5cncc(CCCN6CCCC6)c5)cc34)nc12. The molecule has 0 unspecified atom stereocenters. The molecule has 6 rings (SSSR count). The lowest BCUT2D eigenvalue weighted by molar-refractivity contribution is 0.334. The van der Waals surface area contributed by atoms with Gasteiger partial charge in [-0.3, -0.25) is 20.1 Å². The molecule has 8 heteroatoms. The zero-order valence-electron chi connectivity index (χ0n) is 21.9. The van der Waals surface area contributed by atoms with Gasteiger partial charge in [-0.15, -0.1) is 0 Å². The second-order valence-electron chi connectivity index (χ2n) is 9.83. The average molecular weight is 505 g/mol. The van der Waals surface area contributed by atoms with Crippen LogP contribution in [0.25, 0.3) is 50.3 Å². The lowest BCUT2D eigenvalue weighted by Crippen LogP contribution is -2.20. The number of H-pyrrole nitrogens is 2. The summed E-state index contributed by atoms with van der Waals surface area (Å²) < 4.78 is 0. The molecule has 0 amide bonds. The Morgan fingerprint density at radius 2 is 1.87 bits per heavy atom. The maximum atomic E-state index is 4.95. The third kappa shape index (κ3) is 4.75. The first-order chi connectivity index (χ1) is 18.7. The van der Waals surface area contributed by atoms with E-state index >= 15 is 0 Å². The van der Waals surface area contributed by atoms with Crippen molar-refractivity contribution in [3.63, 3.8) is 0 Å². The number of aryl methyl sites for hydroxylation is 1. The zero-order chi connectivity index (χ0) is 25.9. The van der Waals surface area contributed by atoms with Crippen LogP contribution in [-0.2, 0) is 6.42 Å². The van der Waals surface area contributed by atoms with Crippen LogP contribution >= 0.6 is 0 Å². The molecule has 0 radical (unpaired) electrons. The highest BCUT2D eigenvalue weighted by molar-refractivity contribution is 5.97. The summed E-state index contributed by atoms with van der Waals surface area (Å²) in [4.78, 5) is 24.6. The Balaban J connectivity index is 1.31. The molecule has 2 N–H and O–H groups in total. The minimum absolute atomic E-state index is 0.697. The molecule has 1 fully saturated rings. The summed E-state index contributed by atoms with van der Waals surface area (Å²) in [5.41, 5.74) is 8.56. The lowest BCUT2D eigenvalue weighted by Gasteiger charge is -2.14. The Kier molecular flexibility index (Phi) is 6.79. The van der Waals surface area contributed by atoms with Gasteiger partial charge in [-0.05, 0) is 82.4 Å². The van der Waals surface area contributed by atoms with E-state index < -0.39 is 0 Å². The number of hydrogen-bond acceptors (Lipinski definition) is 6. The Bertz CT molecular complexity index is 1630. The first-order valence-electron chi connectivity index (χ1n) is 13.4. The summed E-state index contributed by atoms with van der Waals surface area (Å²) in [6, 6.07) is 4.28. The number of allylic oxidation sites excluding steroid dienone is 4. The van der Waals surface area contributed by atoms with Gasteiger partial charge in [-0.25, -0.2) is 4.98 Å². The van der Waals surface area contributed by atoms with Gasteiger partial charge < -0.3 is 9.88 Å². The van der Waals surface area contributed by atoms with Gasteiger partial charge >= 0.3 is 0 Å². The Labute approximate surface area is 222 Å². The Morgan fingerprint density at radius 1 is 1.00 bits per heavy atom. The fourth-order valence-corrected chi connectivity index (χ4v) is 5.31. The molecule has 6 heterocycles. The van der Waals surface area contributed by atoms with Gasteiger partial charge in [0.2, 0.25) is 0 Å². The van der Waals surface area contributed by atoms with Crippen LogP contribution in [0.1, 0.15) is 44.2 Å². The summed E-state index contributed by atoms with van der Waals surface area (Å²) in [5.74, 6) is 0.697. The van der Waals surface area contributed by atoms with E-state index in [0.29, 0.717) is 5.82 Å². The topological polar surface area (TPSA) is 99.3 Å². The van der Waals surface area contributed by atoms with Crippen LogP contribution in [0.5, 0.6) is 0 Å². The van der Waals surface area contributed by atoms with Crippen molar-refractivity contribution < 1.29 is 0 Å². The third-order valence-corrected chi connectivity index (χ3v) is 7.26. The first-order valence-corrected chi connectivity index (χ1v) is 13.4. The fourth-order valence-electron chi connectivity index (χ4n) is 5.31. The summed E-state index contributed by atoms with van der Waals surface area (Å²) >= 11 is 0. The highest BCUT2D eigenvalue weighted by atomic mass is 15.1. The average Bonchev–Trinajstić information content (AvgIpc) is 3.71. The van der Waals surface area contributed by atoms with Crippen LogP contribution in [0.4, 0.5) is 0 Å². The molecule has 0 bridgehead atoms. The highest BCUT2D eigenvalue weighted by Gasteiger charge is 2.17. The predicted molar refractivity (Wildman–Crippen MR) is 152 cm³/mol. The molecule has 0 spiro atoms. The summed E-state index contributed by atoms with van der Waals surface area (Å²) in [6.45, 7) is 7.67. The molecule has 1 aliphatic heterocycles. The summed E-state index contributed by atoms with van der Waals surface area (Å²) in [5, 5.41) is 8.67. The number of rotatable bonds is 8. The van der Waals surface area contributed by atoms with Crippen LogP contribution in [0.15, 0.2) is 61.3 Å². The molecular formula is C30H32N8. The van der Waals surface area contributed by atoms with Crippen molar-refractivity contribution in [3.05, 3.63) is 72.5 Å². The molecule has 1 saturated heterocycles. The van der Waals surface area contributed by atoms with Crippen molar-refractivity contribution in [1.82, 2.24) is 40.0 Å². The number of aromatic amines is 2. The maximum absolute atomic E-state index is 4.95. The van der Waals surface area contributed by atoms with Crippen molar-refractivity contribution in [3.8, 4) is 22.8 Å². The Morgan fingerprint density at radius 3 is 2.71 bits per heavy atom. The monoisotopic (exact) mass is 504 g/mol. The van der Waals surface area contributed by atoms with Crippen molar-refractivity contribution in [2.45, 2.75) is 39.5 Å². The van der Waals surface area contributed by atoms with Crippen molar-refractivity contribution >= 4 is 27.5 Å². The molecule has 192 valence electrons. The molecule has 38 heavy (non-hydrogen) atoms. The Hall–Kier alpha value is -4.17. The highest BCUT2D eigenvalue weighted by Crippen LogP contribution is 2.31. The van der Waals surface area contributed by atoms with E-state index in [-0.39, 0.29) is 0 Å². The molecule has 0 aliphatic carbocycles. The number of fused-ring (bicyclic) bond motifs is 2. The third-order valence-electron chi connectivity index (χ3n) is 7.26. The molecule has 0 saturated carbocycles. The van der Waals surface area contributed by atoms with E-state index in [1.807, 2.05) is 44.7 Å². The number of likely N-dealkylation sites (tertiary alicyclic amines) is 1. The predicted octanol–water partition coefficient (Wildman–Crippen LogP) is 5.97. The quantitative estimate of drug-likeness (QED) is 0.253. The van der Waals surface area contributed by atoms with E-state index in [4.69, 9.17) is 9.97 Å². The van der Waals surface area contributed by atoms with E-state index in [2.05, 4.69) is 54.3 Å². The normalized spacial score (nSPS) is 14.9. The van der Waals surface area contributed by atoms with Crippen molar-refractivity contribution in [2.24, 2.45) is 0 Å². The second-order valence-corrected chi connectivity index (χ2v) is 9.83. The van der Waals surface area contributed by atoms with Gasteiger partial charge in [-0.1, -0.05) is 18.2 Å². The van der Waals surface area contributed by atoms with Crippen LogP contribution in [0.3, 0.4) is 0 Å². The van der Waals surface area contributed by atoms with Gasteiger partial charge in [0.25, 0.3) is 0 Å². The van der Waals surface area contributed by atoms with Crippen LogP contribution in [0.2, 0.25) is 0 Å². The zero-order valence-corrected chi connectivity index (χ0v) is 21.9. The van der Waals surface area contributed by atoms with E-state index in [0.717, 1.165) is 69.4 Å². The second kappa shape index (κ2) is 10.7. The van der Waals surface area contributed by atoms with E-state index in [9.17, 15) is 0 Å². The van der Waals surface area contributed by atoms with Crippen molar-refractivity contribution in [1.29, 1.82) is 0 Å². The van der Waals surface area contributed by atoms with Crippen LogP contribution in [0, 0.1) is 0 Å².